The summed E-state index contributed by atoms with van der Waals surface area (Å²) in [6, 6.07) is 0. The molecule has 0 aliphatic carbocycles. The molecule has 4 N–H and O–H groups in total. The average Bonchev–Trinajstić information content (AvgIpc) is 2.63. The van der Waals surface area contributed by atoms with Gasteiger partial charge in [-0.3, -0.25) is 9.59 Å². The van der Waals surface area contributed by atoms with E-state index in [1.54, 1.807) is 0 Å². The zero-order valence-corrected chi connectivity index (χ0v) is 11.3. The quantitative estimate of drug-likeness (QED) is 0.676. The number of amides is 2. The maximum atomic E-state index is 12.0. The fourth-order valence-corrected chi connectivity index (χ4v) is 3.88. The highest BCUT2D eigenvalue weighted by Crippen LogP contribution is 2.25. The van der Waals surface area contributed by atoms with Crippen molar-refractivity contribution in [3.8, 4) is 0 Å². The van der Waals surface area contributed by atoms with Crippen LogP contribution in [0.3, 0.4) is 0 Å². The molecule has 0 radical (unpaired) electrons. The van der Waals surface area contributed by atoms with Crippen LogP contribution in [-0.4, -0.2) is 42.6 Å². The highest BCUT2D eigenvalue weighted by Gasteiger charge is 2.29. The van der Waals surface area contributed by atoms with Crippen molar-refractivity contribution in [2.24, 2.45) is 11.5 Å². The number of thiazole rings is 1. The lowest BCUT2D eigenvalue weighted by Crippen LogP contribution is -2.43. The van der Waals surface area contributed by atoms with Crippen molar-refractivity contribution < 1.29 is 18.0 Å². The summed E-state index contributed by atoms with van der Waals surface area (Å²) in [4.78, 5) is 25.2. The highest BCUT2D eigenvalue weighted by atomic mass is 35.5. The van der Waals surface area contributed by atoms with Gasteiger partial charge in [-0.1, -0.05) is 22.9 Å². The van der Waals surface area contributed by atoms with Gasteiger partial charge in [0.1, 0.15) is 0 Å². The summed E-state index contributed by atoms with van der Waals surface area (Å²) in [5.74, 6) is -1.81. The minimum atomic E-state index is -4.07. The Labute approximate surface area is 112 Å². The van der Waals surface area contributed by atoms with E-state index in [1.165, 1.54) is 0 Å². The first-order valence-corrected chi connectivity index (χ1v) is 7.05. The van der Waals surface area contributed by atoms with Crippen LogP contribution in [0.5, 0.6) is 0 Å². The van der Waals surface area contributed by atoms with Gasteiger partial charge in [-0.2, -0.15) is 4.31 Å². The Morgan fingerprint density at radius 2 is 1.83 bits per heavy atom. The predicted molar refractivity (Wildman–Crippen MR) is 64.3 cm³/mol. The molecule has 0 aromatic carbocycles. The van der Waals surface area contributed by atoms with Crippen LogP contribution >= 0.6 is 22.9 Å². The number of primary amides is 2. The van der Waals surface area contributed by atoms with E-state index >= 15 is 0 Å². The zero-order valence-electron chi connectivity index (χ0n) is 8.87. The van der Waals surface area contributed by atoms with Crippen molar-refractivity contribution in [3.63, 3.8) is 0 Å². The van der Waals surface area contributed by atoms with Crippen LogP contribution in [0.15, 0.2) is 10.4 Å². The molecule has 0 aliphatic rings. The molecule has 0 aliphatic heterocycles. The summed E-state index contributed by atoms with van der Waals surface area (Å²) >= 11 is 6.22. The standard InChI is InChI=1S/C7H9ClN4O4S2/c8-7-11-1-6(17-7)18(15,16)12(2-4(9)13)3-5(10)14/h1H,2-3H2,(H2,9,13)(H2,10,14). The number of rotatable bonds is 6. The lowest BCUT2D eigenvalue weighted by molar-refractivity contribution is -0.120. The molecule has 0 saturated heterocycles. The number of carbonyl (C=O) groups is 2. The van der Waals surface area contributed by atoms with Crippen LogP contribution in [0.2, 0.25) is 4.47 Å². The lowest BCUT2D eigenvalue weighted by atomic mass is 10.5. The van der Waals surface area contributed by atoms with E-state index in [0.29, 0.717) is 15.6 Å². The average molecular weight is 313 g/mol. The summed E-state index contributed by atoms with van der Waals surface area (Å²) in [5.41, 5.74) is 9.83. The molecule has 0 spiro atoms. The zero-order chi connectivity index (χ0) is 13.9. The minimum Gasteiger partial charge on any atom is -0.369 e. The summed E-state index contributed by atoms with van der Waals surface area (Å²) in [7, 11) is -4.07. The van der Waals surface area contributed by atoms with Gasteiger partial charge >= 0.3 is 0 Å². The van der Waals surface area contributed by atoms with E-state index in [2.05, 4.69) is 4.98 Å². The molecule has 0 atom stereocenters. The van der Waals surface area contributed by atoms with Gasteiger partial charge in [0.15, 0.2) is 8.68 Å². The molecular formula is C7H9ClN4O4S2. The number of nitrogens with zero attached hydrogens (tertiary/aromatic N) is 2. The predicted octanol–water partition coefficient (Wildman–Crippen LogP) is -1.24. The molecule has 0 saturated carbocycles. The van der Waals surface area contributed by atoms with E-state index in [9.17, 15) is 18.0 Å². The molecule has 18 heavy (non-hydrogen) atoms. The van der Waals surface area contributed by atoms with Gasteiger partial charge in [0.2, 0.25) is 11.8 Å². The first-order valence-electron chi connectivity index (χ1n) is 4.41. The molecule has 0 fully saturated rings. The Morgan fingerprint density at radius 1 is 1.33 bits per heavy atom. The molecule has 0 bridgehead atoms. The van der Waals surface area contributed by atoms with Crippen molar-refractivity contribution in [3.05, 3.63) is 10.7 Å². The van der Waals surface area contributed by atoms with Gasteiger partial charge in [-0.25, -0.2) is 13.4 Å². The largest absolute Gasteiger partial charge is 0.369 e. The third kappa shape index (κ3) is 3.63. The molecule has 2 amide bonds. The number of sulfonamides is 1. The van der Waals surface area contributed by atoms with Gasteiger partial charge in [-0.15, -0.1) is 0 Å². The number of hydrogen-bond acceptors (Lipinski definition) is 6. The van der Waals surface area contributed by atoms with E-state index in [1.807, 2.05) is 0 Å². The van der Waals surface area contributed by atoms with Gasteiger partial charge < -0.3 is 11.5 Å². The minimum absolute atomic E-state index is 0.0201. The van der Waals surface area contributed by atoms with Crippen LogP contribution in [0.25, 0.3) is 0 Å². The molecule has 100 valence electrons. The van der Waals surface area contributed by atoms with E-state index in [0.717, 1.165) is 6.20 Å². The number of hydrogen-bond donors (Lipinski definition) is 2. The fraction of sp³-hybridized carbons (Fsp3) is 0.286. The summed E-state index contributed by atoms with van der Waals surface area (Å²) in [6.45, 7) is -1.30. The number of halogens is 1. The molecule has 1 rings (SSSR count). The van der Waals surface area contributed by atoms with Gasteiger partial charge in [0.25, 0.3) is 10.0 Å². The smallest absolute Gasteiger partial charge is 0.255 e. The SMILES string of the molecule is NC(=O)CN(CC(N)=O)S(=O)(=O)c1cnc(Cl)s1. The van der Waals surface area contributed by atoms with E-state index in [-0.39, 0.29) is 8.68 Å². The number of aromatic nitrogens is 1. The second kappa shape index (κ2) is 5.61. The molecular weight excluding hydrogens is 304 g/mol. The Balaban J connectivity index is 3.10. The Bertz CT molecular complexity index is 554. The molecule has 1 aromatic rings. The van der Waals surface area contributed by atoms with Crippen LogP contribution in [0.4, 0.5) is 0 Å². The molecule has 8 nitrogen and oxygen atoms in total. The van der Waals surface area contributed by atoms with Crippen molar-refractivity contribution in [1.82, 2.24) is 9.29 Å². The third-order valence-corrected chi connectivity index (χ3v) is 5.06. The van der Waals surface area contributed by atoms with Crippen molar-refractivity contribution in [2.75, 3.05) is 13.1 Å². The van der Waals surface area contributed by atoms with Gasteiger partial charge in [0.05, 0.1) is 19.3 Å². The monoisotopic (exact) mass is 312 g/mol. The summed E-state index contributed by atoms with van der Waals surface area (Å²) in [5, 5.41) is 0. The topological polar surface area (TPSA) is 136 Å². The lowest BCUT2D eigenvalue weighted by Gasteiger charge is -2.17. The molecule has 1 aromatic heterocycles. The first-order chi connectivity index (χ1) is 8.23. The van der Waals surface area contributed by atoms with Crippen LogP contribution in [0, 0.1) is 0 Å². The van der Waals surface area contributed by atoms with E-state index in [4.69, 9.17) is 23.1 Å². The van der Waals surface area contributed by atoms with Crippen LogP contribution in [0.1, 0.15) is 0 Å². The van der Waals surface area contributed by atoms with Crippen molar-refractivity contribution in [1.29, 1.82) is 0 Å². The number of nitrogens with two attached hydrogens (primary N) is 2. The Morgan fingerprint density at radius 3 is 2.17 bits per heavy atom. The van der Waals surface area contributed by atoms with Crippen LogP contribution in [-0.2, 0) is 19.6 Å². The second-order valence-electron chi connectivity index (χ2n) is 3.14. The normalized spacial score (nSPS) is 11.7. The highest BCUT2D eigenvalue weighted by molar-refractivity contribution is 7.91. The maximum Gasteiger partial charge on any atom is 0.255 e. The molecule has 11 heteroatoms. The van der Waals surface area contributed by atoms with Crippen LogP contribution < -0.4 is 11.5 Å². The second-order valence-corrected chi connectivity index (χ2v) is 6.92. The first kappa shape index (κ1) is 14.8. The Kier molecular flexibility index (Phi) is 4.62. The fourth-order valence-electron chi connectivity index (χ4n) is 1.06. The molecule has 1 heterocycles. The van der Waals surface area contributed by atoms with Crippen molar-refractivity contribution in [2.45, 2.75) is 4.21 Å². The molecule has 0 unspecified atom stereocenters. The van der Waals surface area contributed by atoms with Gasteiger partial charge in [0, 0.05) is 0 Å². The summed E-state index contributed by atoms with van der Waals surface area (Å²) in [6.07, 6.45) is 1.03. The van der Waals surface area contributed by atoms with Gasteiger partial charge in [-0.05, 0) is 0 Å². The van der Waals surface area contributed by atoms with E-state index < -0.39 is 34.9 Å². The van der Waals surface area contributed by atoms with Crippen molar-refractivity contribution >= 4 is 44.8 Å². The summed E-state index contributed by atoms with van der Waals surface area (Å²) < 4.78 is 24.5. The maximum absolute atomic E-state index is 12.0. The Hall–Kier alpha value is -1.23. The third-order valence-electron chi connectivity index (χ3n) is 1.71. The number of carbonyl (C=O) groups excluding carboxylic acids is 2.